The molecule has 0 aliphatic carbocycles. The molecule has 1 aromatic rings. The van der Waals surface area contributed by atoms with Gasteiger partial charge in [0.05, 0.1) is 11.2 Å². The number of hydrogen-bond acceptors (Lipinski definition) is 2. The molecular weight excluding hydrogens is 335 g/mol. The van der Waals surface area contributed by atoms with Crippen LogP contribution in [0.1, 0.15) is 54.0 Å². The van der Waals surface area contributed by atoms with E-state index < -0.39 is 8.07 Å². The maximum atomic E-state index is 6.51. The van der Waals surface area contributed by atoms with E-state index in [9.17, 15) is 0 Å². The normalized spacial score (nSPS) is 20.9. The Morgan fingerprint density at radius 1 is 0.923 bits per heavy atom. The van der Waals surface area contributed by atoms with Gasteiger partial charge < -0.3 is 9.31 Å². The minimum absolute atomic E-state index is 0.0138. The molecule has 1 saturated heterocycles. The summed E-state index contributed by atoms with van der Waals surface area (Å²) < 4.78 is 13.0. The van der Waals surface area contributed by atoms with Crippen molar-refractivity contribution in [2.75, 3.05) is 0 Å². The third kappa shape index (κ3) is 4.71. The molecule has 1 heterocycles. The van der Waals surface area contributed by atoms with Crippen LogP contribution in [-0.2, 0) is 9.31 Å². The van der Waals surface area contributed by atoms with E-state index in [2.05, 4.69) is 98.4 Å². The first-order valence-electron chi connectivity index (χ1n) is 9.79. The fraction of sp³-hybridized carbons (Fsp3) is 0.636. The molecule has 144 valence electrons. The van der Waals surface area contributed by atoms with Gasteiger partial charge in [0, 0.05) is 8.07 Å². The Morgan fingerprint density at radius 3 is 1.77 bits per heavy atom. The second kappa shape index (κ2) is 6.96. The summed E-state index contributed by atoms with van der Waals surface area (Å²) in [6, 6.07) is 11.8. The van der Waals surface area contributed by atoms with Gasteiger partial charge >= 0.3 is 7.12 Å². The molecule has 0 atom stereocenters. The summed E-state index contributed by atoms with van der Waals surface area (Å²) in [6.45, 7) is 22.7. The standard InChI is InChI=1S/C22H37BO2Si/c1-20(2,3)19(17-14-12-11-13-15-17)18(16-26(8,9)10)23-24-21(4,5)22(6,7)25-23/h11-15H,16H2,1-10H3/b19-18+. The van der Waals surface area contributed by atoms with Crippen molar-refractivity contribution in [1.29, 1.82) is 0 Å². The number of benzene rings is 1. The van der Waals surface area contributed by atoms with E-state index in [4.69, 9.17) is 9.31 Å². The third-order valence-corrected chi connectivity index (χ3v) is 6.83. The van der Waals surface area contributed by atoms with Gasteiger partial charge in [-0.05, 0) is 55.8 Å². The first-order valence-corrected chi connectivity index (χ1v) is 13.5. The second-order valence-corrected chi connectivity index (χ2v) is 16.3. The topological polar surface area (TPSA) is 18.5 Å². The van der Waals surface area contributed by atoms with Crippen molar-refractivity contribution in [2.45, 2.75) is 85.4 Å². The van der Waals surface area contributed by atoms with Gasteiger partial charge in [-0.2, -0.15) is 0 Å². The zero-order chi connectivity index (χ0) is 20.0. The molecule has 0 N–H and O–H groups in total. The molecule has 0 radical (unpaired) electrons. The molecule has 0 spiro atoms. The van der Waals surface area contributed by atoms with E-state index in [0.29, 0.717) is 0 Å². The van der Waals surface area contributed by atoms with E-state index in [0.717, 1.165) is 6.04 Å². The van der Waals surface area contributed by atoms with E-state index in [1.165, 1.54) is 16.6 Å². The molecule has 1 aliphatic rings. The van der Waals surface area contributed by atoms with Crippen molar-refractivity contribution in [2.24, 2.45) is 5.41 Å². The zero-order valence-corrected chi connectivity index (χ0v) is 19.5. The molecule has 0 unspecified atom stereocenters. The Balaban J connectivity index is 2.67. The molecule has 26 heavy (non-hydrogen) atoms. The highest BCUT2D eigenvalue weighted by atomic mass is 28.3. The van der Waals surface area contributed by atoms with Crippen LogP contribution in [-0.4, -0.2) is 26.4 Å². The quantitative estimate of drug-likeness (QED) is 0.565. The summed E-state index contributed by atoms with van der Waals surface area (Å²) in [6.07, 6.45) is 0. The maximum absolute atomic E-state index is 6.51. The number of hydrogen-bond donors (Lipinski definition) is 0. The number of rotatable bonds is 4. The van der Waals surface area contributed by atoms with Crippen molar-refractivity contribution in [3.63, 3.8) is 0 Å². The fourth-order valence-corrected chi connectivity index (χ4v) is 5.04. The zero-order valence-electron chi connectivity index (χ0n) is 18.5. The second-order valence-electron chi connectivity index (χ2n) is 10.8. The van der Waals surface area contributed by atoms with Gasteiger partial charge in [0.15, 0.2) is 0 Å². The highest BCUT2D eigenvalue weighted by Crippen LogP contribution is 2.45. The van der Waals surface area contributed by atoms with E-state index >= 15 is 0 Å². The van der Waals surface area contributed by atoms with Crippen LogP contribution in [0.25, 0.3) is 5.57 Å². The molecule has 4 heteroatoms. The minimum Gasteiger partial charge on any atom is -0.400 e. The van der Waals surface area contributed by atoms with E-state index in [-0.39, 0.29) is 23.7 Å². The van der Waals surface area contributed by atoms with E-state index in [1.54, 1.807) is 0 Å². The van der Waals surface area contributed by atoms with Crippen molar-refractivity contribution in [3.8, 4) is 0 Å². The average Bonchev–Trinajstić information content (AvgIpc) is 2.65. The third-order valence-electron chi connectivity index (χ3n) is 5.39. The summed E-state index contributed by atoms with van der Waals surface area (Å²) in [5, 5.41) is 0. The Labute approximate surface area is 162 Å². The molecular formula is C22H37BO2Si. The van der Waals surface area contributed by atoms with Crippen LogP contribution in [0.2, 0.25) is 25.7 Å². The summed E-state index contributed by atoms with van der Waals surface area (Å²) in [5.74, 6) is 0. The smallest absolute Gasteiger partial charge is 0.400 e. The van der Waals surface area contributed by atoms with Crippen LogP contribution < -0.4 is 0 Å². The van der Waals surface area contributed by atoms with Crippen LogP contribution >= 0.6 is 0 Å². The monoisotopic (exact) mass is 372 g/mol. The lowest BCUT2D eigenvalue weighted by molar-refractivity contribution is 0.00578. The maximum Gasteiger partial charge on any atom is 0.490 e. The Morgan fingerprint density at radius 2 is 1.38 bits per heavy atom. The van der Waals surface area contributed by atoms with Gasteiger partial charge in [-0.3, -0.25) is 0 Å². The van der Waals surface area contributed by atoms with Gasteiger partial charge in [-0.25, -0.2) is 0 Å². The lowest BCUT2D eigenvalue weighted by Gasteiger charge is -2.32. The molecule has 1 aliphatic heterocycles. The van der Waals surface area contributed by atoms with Gasteiger partial charge in [-0.1, -0.05) is 70.7 Å². The lowest BCUT2D eigenvalue weighted by Crippen LogP contribution is -2.41. The Hall–Kier alpha value is -0.838. The first-order chi connectivity index (χ1) is 11.6. The van der Waals surface area contributed by atoms with Crippen LogP contribution in [0.3, 0.4) is 0 Å². The van der Waals surface area contributed by atoms with Crippen molar-refractivity contribution < 1.29 is 9.31 Å². The van der Waals surface area contributed by atoms with E-state index in [1.807, 2.05) is 0 Å². The van der Waals surface area contributed by atoms with Crippen LogP contribution in [0.4, 0.5) is 0 Å². The molecule has 1 fully saturated rings. The predicted octanol–water partition coefficient (Wildman–Crippen LogP) is 6.46. The highest BCUT2D eigenvalue weighted by Gasteiger charge is 2.53. The lowest BCUT2D eigenvalue weighted by atomic mass is 9.68. The van der Waals surface area contributed by atoms with Crippen molar-refractivity contribution in [3.05, 3.63) is 41.4 Å². The minimum atomic E-state index is -1.37. The first kappa shape index (κ1) is 21.5. The summed E-state index contributed by atoms with van der Waals surface area (Å²) in [7, 11) is -1.65. The molecule has 0 amide bonds. The van der Waals surface area contributed by atoms with Crippen molar-refractivity contribution in [1.82, 2.24) is 0 Å². The van der Waals surface area contributed by atoms with Crippen LogP contribution in [0.15, 0.2) is 35.8 Å². The van der Waals surface area contributed by atoms with Gasteiger partial charge in [-0.15, -0.1) is 0 Å². The predicted molar refractivity (Wildman–Crippen MR) is 117 cm³/mol. The van der Waals surface area contributed by atoms with Gasteiger partial charge in [0.1, 0.15) is 0 Å². The fourth-order valence-electron chi connectivity index (χ4n) is 3.55. The van der Waals surface area contributed by atoms with Gasteiger partial charge in [0.2, 0.25) is 0 Å². The molecule has 1 aromatic carbocycles. The molecule has 0 aromatic heterocycles. The summed E-state index contributed by atoms with van der Waals surface area (Å²) in [4.78, 5) is 0. The van der Waals surface area contributed by atoms with Crippen LogP contribution in [0.5, 0.6) is 0 Å². The summed E-state index contributed by atoms with van der Waals surface area (Å²) >= 11 is 0. The molecule has 0 bridgehead atoms. The SMILES string of the molecule is CC(C)(C)/C(=C(\C[Si](C)(C)C)B1OC(C)(C)C(C)(C)O1)c1ccccc1. The molecule has 2 rings (SSSR count). The summed E-state index contributed by atoms with van der Waals surface area (Å²) in [5.41, 5.74) is 3.37. The largest absolute Gasteiger partial charge is 0.490 e. The Bertz CT molecular complexity index is 648. The highest BCUT2D eigenvalue weighted by molar-refractivity contribution is 6.78. The Kier molecular flexibility index (Phi) is 5.74. The number of allylic oxidation sites excluding steroid dienone is 2. The van der Waals surface area contributed by atoms with Crippen LogP contribution in [0, 0.1) is 5.41 Å². The average molecular weight is 372 g/mol. The van der Waals surface area contributed by atoms with Gasteiger partial charge in [0.25, 0.3) is 0 Å². The molecule has 0 saturated carbocycles. The van der Waals surface area contributed by atoms with Crippen molar-refractivity contribution >= 4 is 20.8 Å². The molecule has 2 nitrogen and oxygen atoms in total.